The van der Waals surface area contributed by atoms with Crippen molar-refractivity contribution in [2.45, 2.75) is 45.8 Å². The second-order valence-corrected chi connectivity index (χ2v) is 9.20. The maximum Gasteiger partial charge on any atom is 0.407 e. The number of ether oxygens (including phenoxy) is 1. The van der Waals surface area contributed by atoms with E-state index in [0.29, 0.717) is 24.6 Å². The van der Waals surface area contributed by atoms with Gasteiger partial charge in [0, 0.05) is 31.8 Å². The Bertz CT molecular complexity index is 1060. The Labute approximate surface area is 192 Å². The fourth-order valence-electron chi connectivity index (χ4n) is 3.80. The molecule has 2 heterocycles. The maximum absolute atomic E-state index is 14.2. The minimum absolute atomic E-state index is 0.162. The number of amides is 1. The van der Waals surface area contributed by atoms with Crippen LogP contribution in [0.3, 0.4) is 0 Å². The fourth-order valence-corrected chi connectivity index (χ4v) is 3.80. The predicted octanol–water partition coefficient (Wildman–Crippen LogP) is 4.07. The standard InChI is InChI=1S/C23H28F2N6O2/c1-13-6-15(28-22(32)33-23(2,3)4)12-31(11-13)20-9-19(29-21(27-5)30-20)14-7-17(24)16(10-26)18(25)8-14/h7-9,13,15H,6,11-12H2,1-5H3,(H,28,32)(H,27,29,30). The van der Waals surface area contributed by atoms with Crippen molar-refractivity contribution >= 4 is 17.9 Å². The summed E-state index contributed by atoms with van der Waals surface area (Å²) in [6, 6.07) is 5.16. The van der Waals surface area contributed by atoms with Crippen LogP contribution in [0, 0.1) is 28.9 Å². The SMILES string of the molecule is CNc1nc(-c2cc(F)c(C#N)c(F)c2)cc(N2CC(C)CC(NC(=O)OC(C)(C)C)C2)n1. The minimum Gasteiger partial charge on any atom is -0.444 e. The van der Waals surface area contributed by atoms with Crippen molar-refractivity contribution in [1.82, 2.24) is 15.3 Å². The number of piperidine rings is 1. The van der Waals surface area contributed by atoms with Crippen LogP contribution < -0.4 is 15.5 Å². The molecule has 0 spiro atoms. The van der Waals surface area contributed by atoms with Gasteiger partial charge in [0.05, 0.1) is 11.7 Å². The van der Waals surface area contributed by atoms with Crippen LogP contribution in [0.5, 0.6) is 0 Å². The largest absolute Gasteiger partial charge is 0.444 e. The van der Waals surface area contributed by atoms with Crippen molar-refractivity contribution in [2.24, 2.45) is 5.92 Å². The Balaban J connectivity index is 1.89. The number of hydrogen-bond acceptors (Lipinski definition) is 7. The van der Waals surface area contributed by atoms with Crippen LogP contribution in [0.25, 0.3) is 11.3 Å². The van der Waals surface area contributed by atoms with Crippen LogP contribution in [-0.2, 0) is 4.74 Å². The van der Waals surface area contributed by atoms with Gasteiger partial charge in [0.15, 0.2) is 0 Å². The summed E-state index contributed by atoms with van der Waals surface area (Å²) < 4.78 is 33.8. The lowest BCUT2D eigenvalue weighted by molar-refractivity contribution is 0.0495. The number of rotatable bonds is 4. The first-order valence-corrected chi connectivity index (χ1v) is 10.7. The molecule has 1 aromatic heterocycles. The van der Waals surface area contributed by atoms with Gasteiger partial charge in [0.25, 0.3) is 0 Å². The van der Waals surface area contributed by atoms with E-state index in [9.17, 15) is 13.6 Å². The Kier molecular flexibility index (Phi) is 7.01. The summed E-state index contributed by atoms with van der Waals surface area (Å²) in [5, 5.41) is 14.7. The summed E-state index contributed by atoms with van der Waals surface area (Å²) in [7, 11) is 1.65. The van der Waals surface area contributed by atoms with Gasteiger partial charge in [-0.25, -0.2) is 18.6 Å². The highest BCUT2D eigenvalue weighted by Gasteiger charge is 2.29. The first kappa shape index (κ1) is 24.2. The summed E-state index contributed by atoms with van der Waals surface area (Å²) >= 11 is 0. The van der Waals surface area contributed by atoms with Gasteiger partial charge in [-0.05, 0) is 45.2 Å². The highest BCUT2D eigenvalue weighted by atomic mass is 19.1. The highest BCUT2D eigenvalue weighted by Crippen LogP contribution is 2.29. The lowest BCUT2D eigenvalue weighted by Gasteiger charge is -2.37. The maximum atomic E-state index is 14.2. The number of carbonyl (C=O) groups is 1. The molecule has 0 bridgehead atoms. The Hall–Kier alpha value is -3.48. The molecule has 3 rings (SSSR count). The quantitative estimate of drug-likeness (QED) is 0.712. The molecule has 176 valence electrons. The number of alkyl carbamates (subject to hydrolysis) is 1. The lowest BCUT2D eigenvalue weighted by atomic mass is 9.96. The van der Waals surface area contributed by atoms with E-state index in [0.717, 1.165) is 18.6 Å². The molecule has 8 nitrogen and oxygen atoms in total. The molecule has 1 saturated heterocycles. The third-order valence-corrected chi connectivity index (χ3v) is 5.09. The summed E-state index contributed by atoms with van der Waals surface area (Å²) in [6.45, 7) is 8.65. The van der Waals surface area contributed by atoms with E-state index in [4.69, 9.17) is 10.00 Å². The second kappa shape index (κ2) is 9.57. The number of hydrogen-bond donors (Lipinski definition) is 2. The molecule has 10 heteroatoms. The normalized spacial score (nSPS) is 18.4. The molecule has 2 N–H and O–H groups in total. The first-order chi connectivity index (χ1) is 15.5. The molecule has 0 saturated carbocycles. The molecule has 2 atom stereocenters. The van der Waals surface area contributed by atoms with E-state index in [1.807, 2.05) is 4.90 Å². The van der Waals surface area contributed by atoms with Crippen LogP contribution in [0.1, 0.15) is 39.7 Å². The average molecular weight is 459 g/mol. The third-order valence-electron chi connectivity index (χ3n) is 5.09. The summed E-state index contributed by atoms with van der Waals surface area (Å²) in [5.74, 6) is -0.821. The smallest absolute Gasteiger partial charge is 0.407 e. The van der Waals surface area contributed by atoms with Crippen molar-refractivity contribution in [2.75, 3.05) is 30.4 Å². The number of nitrogens with zero attached hydrogens (tertiary/aromatic N) is 4. The van der Waals surface area contributed by atoms with Crippen molar-refractivity contribution in [3.8, 4) is 17.3 Å². The molecule has 1 aliphatic heterocycles. The van der Waals surface area contributed by atoms with Crippen molar-refractivity contribution in [3.63, 3.8) is 0 Å². The van der Waals surface area contributed by atoms with Gasteiger partial charge >= 0.3 is 6.09 Å². The van der Waals surface area contributed by atoms with Crippen molar-refractivity contribution < 1.29 is 18.3 Å². The summed E-state index contributed by atoms with van der Waals surface area (Å²) in [5.41, 5.74) is -0.735. The molecule has 2 unspecified atom stereocenters. The van der Waals surface area contributed by atoms with E-state index in [2.05, 4.69) is 27.5 Å². The van der Waals surface area contributed by atoms with Gasteiger partial charge in [-0.1, -0.05) is 6.92 Å². The molecular weight excluding hydrogens is 430 g/mol. The van der Waals surface area contributed by atoms with E-state index in [-0.39, 0.29) is 23.5 Å². The summed E-state index contributed by atoms with van der Waals surface area (Å²) in [4.78, 5) is 23.1. The topological polar surface area (TPSA) is 103 Å². The molecule has 1 aromatic carbocycles. The molecule has 2 aromatic rings. The third kappa shape index (κ3) is 6.06. The lowest BCUT2D eigenvalue weighted by Crippen LogP contribution is -2.51. The van der Waals surface area contributed by atoms with Crippen molar-refractivity contribution in [1.29, 1.82) is 5.26 Å². The van der Waals surface area contributed by atoms with E-state index < -0.39 is 28.9 Å². The molecule has 1 fully saturated rings. The Morgan fingerprint density at radius 2 is 1.88 bits per heavy atom. The zero-order chi connectivity index (χ0) is 24.3. The predicted molar refractivity (Wildman–Crippen MR) is 121 cm³/mol. The van der Waals surface area contributed by atoms with Crippen LogP contribution in [0.2, 0.25) is 0 Å². The zero-order valence-corrected chi connectivity index (χ0v) is 19.4. The van der Waals surface area contributed by atoms with Gasteiger partial charge in [0.2, 0.25) is 5.95 Å². The van der Waals surface area contributed by atoms with Gasteiger partial charge in [-0.3, -0.25) is 0 Å². The van der Waals surface area contributed by atoms with E-state index >= 15 is 0 Å². The number of benzene rings is 1. The number of nitriles is 1. The molecule has 1 aliphatic rings. The number of anilines is 2. The monoisotopic (exact) mass is 458 g/mol. The van der Waals surface area contributed by atoms with Gasteiger partial charge in [0.1, 0.15) is 34.7 Å². The van der Waals surface area contributed by atoms with Crippen LogP contribution in [-0.4, -0.2) is 47.8 Å². The Morgan fingerprint density at radius 1 is 1.21 bits per heavy atom. The van der Waals surface area contributed by atoms with Crippen molar-refractivity contribution in [3.05, 3.63) is 35.4 Å². The average Bonchev–Trinajstić information content (AvgIpc) is 2.71. The molecule has 0 radical (unpaired) electrons. The number of nitrogens with one attached hydrogen (secondary N) is 2. The molecule has 33 heavy (non-hydrogen) atoms. The second-order valence-electron chi connectivity index (χ2n) is 9.20. The van der Waals surface area contributed by atoms with Crippen LogP contribution in [0.15, 0.2) is 18.2 Å². The number of halogens is 2. The van der Waals surface area contributed by atoms with E-state index in [1.54, 1.807) is 33.9 Å². The number of aromatic nitrogens is 2. The van der Waals surface area contributed by atoms with Crippen LogP contribution >= 0.6 is 0 Å². The minimum atomic E-state index is -0.952. The molecular formula is C23H28F2N6O2. The molecule has 0 aliphatic carbocycles. The van der Waals surface area contributed by atoms with Gasteiger partial charge in [-0.2, -0.15) is 10.2 Å². The van der Waals surface area contributed by atoms with E-state index in [1.165, 1.54) is 6.07 Å². The summed E-state index contributed by atoms with van der Waals surface area (Å²) in [6.07, 6.45) is 0.294. The Morgan fingerprint density at radius 3 is 2.45 bits per heavy atom. The highest BCUT2D eigenvalue weighted by molar-refractivity contribution is 5.69. The number of carbonyl (C=O) groups excluding carboxylic acids is 1. The molecule has 1 amide bonds. The first-order valence-electron chi connectivity index (χ1n) is 10.7. The van der Waals surface area contributed by atoms with Crippen LogP contribution in [0.4, 0.5) is 25.3 Å². The zero-order valence-electron chi connectivity index (χ0n) is 19.4. The van der Waals surface area contributed by atoms with Gasteiger partial charge < -0.3 is 20.3 Å². The van der Waals surface area contributed by atoms with Gasteiger partial charge in [-0.15, -0.1) is 0 Å². The fraction of sp³-hybridized carbons (Fsp3) is 0.478.